The average molecular weight is 437 g/mol. The molecule has 0 fully saturated rings. The van der Waals surface area contributed by atoms with Crippen molar-refractivity contribution in [1.82, 2.24) is 10.0 Å². The van der Waals surface area contributed by atoms with Crippen LogP contribution in [0.5, 0.6) is 0 Å². The topological polar surface area (TPSA) is 57.7 Å². The summed E-state index contributed by atoms with van der Waals surface area (Å²) in [5.74, 6) is -1.33. The summed E-state index contributed by atoms with van der Waals surface area (Å²) in [6.07, 6.45) is 0.608. The summed E-state index contributed by atoms with van der Waals surface area (Å²) in [7, 11) is 0. The molecular weight excluding hydrogens is 420 g/mol. The molecule has 0 saturated carbocycles. The highest BCUT2D eigenvalue weighted by molar-refractivity contribution is 9.10. The Kier molecular flexibility index (Phi) is 4.73. The van der Waals surface area contributed by atoms with Crippen LogP contribution in [0.25, 0.3) is 10.8 Å². The van der Waals surface area contributed by atoms with Gasteiger partial charge in [-0.15, -0.1) is 0 Å². The Labute approximate surface area is 170 Å². The third kappa shape index (κ3) is 2.81. The van der Waals surface area contributed by atoms with Gasteiger partial charge in [0.15, 0.2) is 0 Å². The smallest absolute Gasteiger partial charge is 0.267 e. The third-order valence-electron chi connectivity index (χ3n) is 4.76. The van der Waals surface area contributed by atoms with Crippen LogP contribution in [0.4, 0.5) is 0 Å². The van der Waals surface area contributed by atoms with Crippen molar-refractivity contribution in [3.05, 3.63) is 81.8 Å². The molecule has 6 heteroatoms. The molecule has 3 aromatic rings. The monoisotopic (exact) mass is 436 g/mol. The summed E-state index contributed by atoms with van der Waals surface area (Å²) in [6, 6.07) is 17.7. The van der Waals surface area contributed by atoms with Crippen molar-refractivity contribution in [3.63, 3.8) is 0 Å². The van der Waals surface area contributed by atoms with Gasteiger partial charge in [0.25, 0.3) is 17.7 Å². The van der Waals surface area contributed by atoms with E-state index in [1.165, 1.54) is 5.01 Å². The maximum Gasteiger partial charge on any atom is 0.281 e. The lowest BCUT2D eigenvalue weighted by atomic mass is 10.0. The molecule has 4 rings (SSSR count). The molecule has 0 aromatic heterocycles. The minimum atomic E-state index is -0.482. The van der Waals surface area contributed by atoms with Gasteiger partial charge >= 0.3 is 0 Å². The van der Waals surface area contributed by atoms with Crippen LogP contribution in [0.3, 0.4) is 0 Å². The van der Waals surface area contributed by atoms with Gasteiger partial charge in [-0.2, -0.15) is 5.01 Å². The van der Waals surface area contributed by atoms with Gasteiger partial charge in [-0.25, -0.2) is 5.01 Å². The van der Waals surface area contributed by atoms with E-state index in [1.54, 1.807) is 30.3 Å². The molecule has 0 saturated heterocycles. The van der Waals surface area contributed by atoms with Gasteiger partial charge in [-0.3, -0.25) is 14.4 Å². The molecule has 0 spiro atoms. The van der Waals surface area contributed by atoms with Crippen molar-refractivity contribution in [2.45, 2.75) is 13.3 Å². The van der Waals surface area contributed by atoms with E-state index in [1.807, 2.05) is 37.3 Å². The number of hydrogen-bond acceptors (Lipinski definition) is 3. The fourth-order valence-electron chi connectivity index (χ4n) is 3.50. The van der Waals surface area contributed by atoms with Gasteiger partial charge in [0.2, 0.25) is 0 Å². The number of benzene rings is 3. The number of nitrogens with zero attached hydrogens (tertiary/aromatic N) is 2. The molecule has 1 aliphatic rings. The molecule has 3 amide bonds. The highest BCUT2D eigenvalue weighted by Gasteiger charge is 2.42. The Morgan fingerprint density at radius 3 is 2.29 bits per heavy atom. The number of fused-ring (bicyclic) bond motifs is 3. The van der Waals surface area contributed by atoms with Crippen LogP contribution in [-0.2, 0) is 0 Å². The first-order valence-corrected chi connectivity index (χ1v) is 9.80. The SMILES string of the molecule is CCCN(C(=O)c1ccccc1)N1C(=O)c2cc(Br)c3ccccc3c2C1=O. The van der Waals surface area contributed by atoms with E-state index >= 15 is 0 Å². The Hall–Kier alpha value is -2.99. The van der Waals surface area contributed by atoms with Crippen LogP contribution < -0.4 is 0 Å². The van der Waals surface area contributed by atoms with Gasteiger partial charge in [-0.05, 0) is 35.4 Å². The lowest BCUT2D eigenvalue weighted by Gasteiger charge is -2.29. The maximum atomic E-state index is 13.3. The van der Waals surface area contributed by atoms with Crippen LogP contribution in [0.1, 0.15) is 44.4 Å². The first-order valence-electron chi connectivity index (χ1n) is 9.01. The zero-order chi connectivity index (χ0) is 19.8. The average Bonchev–Trinajstić information content (AvgIpc) is 2.97. The Morgan fingerprint density at radius 1 is 0.964 bits per heavy atom. The van der Waals surface area contributed by atoms with Crippen molar-refractivity contribution >= 4 is 44.4 Å². The zero-order valence-electron chi connectivity index (χ0n) is 15.2. The second-order valence-electron chi connectivity index (χ2n) is 6.54. The van der Waals surface area contributed by atoms with E-state index in [4.69, 9.17) is 0 Å². The predicted molar refractivity (Wildman–Crippen MR) is 110 cm³/mol. The minimum absolute atomic E-state index is 0.262. The van der Waals surface area contributed by atoms with Crippen molar-refractivity contribution < 1.29 is 14.4 Å². The number of carbonyl (C=O) groups is 3. The summed E-state index contributed by atoms with van der Waals surface area (Å²) in [5, 5.41) is 3.78. The molecule has 1 aliphatic heterocycles. The van der Waals surface area contributed by atoms with Crippen LogP contribution in [0, 0.1) is 0 Å². The van der Waals surface area contributed by atoms with E-state index in [2.05, 4.69) is 15.9 Å². The third-order valence-corrected chi connectivity index (χ3v) is 5.41. The molecule has 0 unspecified atom stereocenters. The number of carbonyl (C=O) groups excluding carboxylic acids is 3. The normalized spacial score (nSPS) is 13.1. The van der Waals surface area contributed by atoms with Crippen molar-refractivity contribution in [3.8, 4) is 0 Å². The Bertz CT molecular complexity index is 1110. The molecule has 3 aromatic carbocycles. The number of rotatable bonds is 4. The molecule has 140 valence electrons. The summed E-state index contributed by atoms with van der Waals surface area (Å²) in [6.45, 7) is 2.16. The summed E-state index contributed by atoms with van der Waals surface area (Å²) >= 11 is 3.49. The number of hydrogen-bond donors (Lipinski definition) is 0. The lowest BCUT2D eigenvalue weighted by Crippen LogP contribution is -2.50. The second-order valence-corrected chi connectivity index (χ2v) is 7.40. The number of imide groups is 1. The number of hydrazine groups is 1. The van der Waals surface area contributed by atoms with E-state index in [9.17, 15) is 14.4 Å². The standard InChI is InChI=1S/C22H17BrN2O3/c1-2-12-24(20(26)14-8-4-3-5-9-14)25-21(27)17-13-18(23)15-10-6-7-11-16(15)19(17)22(25)28/h3-11,13H,2,12H2,1H3. The van der Waals surface area contributed by atoms with Crippen LogP contribution in [0.15, 0.2) is 65.1 Å². The summed E-state index contributed by atoms with van der Waals surface area (Å²) in [4.78, 5) is 39.5. The molecule has 1 heterocycles. The first kappa shape index (κ1) is 18.4. The second kappa shape index (κ2) is 7.20. The van der Waals surface area contributed by atoms with Gasteiger partial charge in [-0.1, -0.05) is 65.3 Å². The molecule has 0 bridgehead atoms. The van der Waals surface area contributed by atoms with Gasteiger partial charge in [0.1, 0.15) is 0 Å². The molecule has 0 aliphatic carbocycles. The first-order chi connectivity index (χ1) is 13.5. The zero-order valence-corrected chi connectivity index (χ0v) is 16.8. The number of amides is 3. The largest absolute Gasteiger partial charge is 0.281 e. The van der Waals surface area contributed by atoms with Gasteiger partial charge in [0.05, 0.1) is 11.1 Å². The van der Waals surface area contributed by atoms with Crippen LogP contribution in [-0.4, -0.2) is 34.3 Å². The predicted octanol–water partition coefficient (Wildman–Crippen LogP) is 4.67. The van der Waals surface area contributed by atoms with Crippen molar-refractivity contribution in [2.75, 3.05) is 6.54 Å². The Balaban J connectivity index is 1.83. The van der Waals surface area contributed by atoms with E-state index < -0.39 is 11.8 Å². The molecular formula is C22H17BrN2O3. The summed E-state index contributed by atoms with van der Waals surface area (Å²) in [5.41, 5.74) is 1.07. The molecule has 0 atom stereocenters. The minimum Gasteiger partial charge on any atom is -0.267 e. The highest BCUT2D eigenvalue weighted by atomic mass is 79.9. The fraction of sp³-hybridized carbons (Fsp3) is 0.136. The molecule has 28 heavy (non-hydrogen) atoms. The highest BCUT2D eigenvalue weighted by Crippen LogP contribution is 2.36. The van der Waals surface area contributed by atoms with E-state index in [0.29, 0.717) is 28.5 Å². The molecule has 0 radical (unpaired) electrons. The van der Waals surface area contributed by atoms with Crippen LogP contribution >= 0.6 is 15.9 Å². The van der Waals surface area contributed by atoms with Crippen molar-refractivity contribution in [1.29, 1.82) is 0 Å². The maximum absolute atomic E-state index is 13.3. The molecule has 5 nitrogen and oxygen atoms in total. The van der Waals surface area contributed by atoms with Crippen molar-refractivity contribution in [2.24, 2.45) is 0 Å². The number of halogens is 1. The molecule has 0 N–H and O–H groups in total. The van der Waals surface area contributed by atoms with Crippen LogP contribution in [0.2, 0.25) is 0 Å². The fourth-order valence-corrected chi connectivity index (χ4v) is 4.07. The summed E-state index contributed by atoms with van der Waals surface area (Å²) < 4.78 is 0.737. The van der Waals surface area contributed by atoms with E-state index in [0.717, 1.165) is 14.9 Å². The lowest BCUT2D eigenvalue weighted by molar-refractivity contribution is 0.00391. The quantitative estimate of drug-likeness (QED) is 0.558. The van der Waals surface area contributed by atoms with Gasteiger partial charge in [0, 0.05) is 16.6 Å². The Morgan fingerprint density at radius 2 is 1.61 bits per heavy atom. The van der Waals surface area contributed by atoms with Gasteiger partial charge < -0.3 is 0 Å². The van der Waals surface area contributed by atoms with E-state index in [-0.39, 0.29) is 12.5 Å².